The highest BCUT2D eigenvalue weighted by Crippen LogP contribution is 2.73. The SMILES string of the molecule is C[C@H](CCC(O)C(F)(F)F)[C@H]1CC[C@@]2(C)[C@@H]3CC=C4C[C@@](C)(O)CC[C@]4(C)[C@H]3CC[C@]12C. The van der Waals surface area contributed by atoms with Crippen LogP contribution >= 0.6 is 0 Å². The lowest BCUT2D eigenvalue weighted by Gasteiger charge is -2.63. The summed E-state index contributed by atoms with van der Waals surface area (Å²) in [6, 6.07) is 0. The van der Waals surface area contributed by atoms with Crippen molar-refractivity contribution in [2.24, 2.45) is 39.9 Å². The van der Waals surface area contributed by atoms with E-state index in [0.717, 1.165) is 44.9 Å². The van der Waals surface area contributed by atoms with Crippen molar-refractivity contribution in [1.29, 1.82) is 0 Å². The molecule has 4 aliphatic carbocycles. The number of halogens is 3. The van der Waals surface area contributed by atoms with Gasteiger partial charge in [-0.3, -0.25) is 0 Å². The first-order chi connectivity index (χ1) is 14.6. The van der Waals surface area contributed by atoms with Crippen LogP contribution in [0.4, 0.5) is 13.2 Å². The number of rotatable bonds is 4. The minimum atomic E-state index is -4.52. The molecular formula is C27H43F3O2. The molecule has 4 aliphatic rings. The molecule has 4 rings (SSSR count). The van der Waals surface area contributed by atoms with Gasteiger partial charge in [-0.15, -0.1) is 0 Å². The lowest BCUT2D eigenvalue weighted by molar-refractivity contribution is -0.206. The highest BCUT2D eigenvalue weighted by molar-refractivity contribution is 5.28. The molecule has 0 radical (unpaired) electrons. The summed E-state index contributed by atoms with van der Waals surface area (Å²) in [4.78, 5) is 0. The zero-order valence-corrected chi connectivity index (χ0v) is 20.6. The van der Waals surface area contributed by atoms with Crippen molar-refractivity contribution in [3.05, 3.63) is 11.6 Å². The van der Waals surface area contributed by atoms with Gasteiger partial charge < -0.3 is 10.2 Å². The van der Waals surface area contributed by atoms with E-state index in [-0.39, 0.29) is 28.6 Å². The second-order valence-electron chi connectivity index (χ2n) is 12.9. The van der Waals surface area contributed by atoms with Crippen LogP contribution in [0.1, 0.15) is 98.8 Å². The molecule has 0 aromatic heterocycles. The standard InChI is InChI=1S/C27H43F3O2/c1-17(6-9-22(31)27(28,29)30)19-10-12-26(5)21-8-7-18-16-23(2,32)14-15-24(18,3)20(21)11-13-25(19,26)4/h7,17,19-22,31-32H,6,8-16H2,1-5H3/t17-,19-,20+,21-,22?,23+,24+,25-,26+/m1/s1. The summed E-state index contributed by atoms with van der Waals surface area (Å²) in [5, 5.41) is 20.2. The van der Waals surface area contributed by atoms with Crippen LogP contribution in [-0.2, 0) is 0 Å². The summed E-state index contributed by atoms with van der Waals surface area (Å²) >= 11 is 0. The molecule has 184 valence electrons. The Labute approximate surface area is 192 Å². The molecule has 0 aromatic rings. The van der Waals surface area contributed by atoms with E-state index < -0.39 is 17.9 Å². The molecule has 0 saturated heterocycles. The van der Waals surface area contributed by atoms with Crippen molar-refractivity contribution >= 4 is 0 Å². The molecule has 3 saturated carbocycles. The van der Waals surface area contributed by atoms with Gasteiger partial charge in [0.05, 0.1) is 5.60 Å². The molecule has 9 atom stereocenters. The average molecular weight is 457 g/mol. The Morgan fingerprint density at radius 3 is 2.28 bits per heavy atom. The van der Waals surface area contributed by atoms with Crippen LogP contribution in [0.5, 0.6) is 0 Å². The van der Waals surface area contributed by atoms with Crippen LogP contribution in [0.3, 0.4) is 0 Å². The van der Waals surface area contributed by atoms with Gasteiger partial charge in [0, 0.05) is 0 Å². The maximum atomic E-state index is 12.8. The molecule has 0 amide bonds. The summed E-state index contributed by atoms with van der Waals surface area (Å²) in [6.07, 6.45) is 4.31. The van der Waals surface area contributed by atoms with E-state index in [1.807, 2.05) is 6.92 Å². The summed E-state index contributed by atoms with van der Waals surface area (Å²) in [5.74, 6) is 1.85. The van der Waals surface area contributed by atoms with Gasteiger partial charge in [-0.2, -0.15) is 13.2 Å². The zero-order valence-electron chi connectivity index (χ0n) is 20.6. The monoisotopic (exact) mass is 456 g/mol. The molecule has 2 N–H and O–H groups in total. The van der Waals surface area contributed by atoms with Crippen LogP contribution in [0.25, 0.3) is 0 Å². The minimum absolute atomic E-state index is 0.138. The molecule has 0 heterocycles. The topological polar surface area (TPSA) is 40.5 Å². The summed E-state index contributed by atoms with van der Waals surface area (Å²) in [5.41, 5.74) is 1.39. The molecule has 0 bridgehead atoms. The van der Waals surface area contributed by atoms with E-state index in [1.165, 1.54) is 12.0 Å². The first-order valence-electron chi connectivity index (χ1n) is 12.8. The molecule has 1 unspecified atom stereocenters. The number of fused-ring (bicyclic) bond motifs is 5. The van der Waals surface area contributed by atoms with E-state index in [2.05, 4.69) is 33.8 Å². The number of aliphatic hydroxyl groups is 2. The number of hydrogen-bond donors (Lipinski definition) is 2. The van der Waals surface area contributed by atoms with E-state index >= 15 is 0 Å². The van der Waals surface area contributed by atoms with Gasteiger partial charge in [-0.05, 0) is 111 Å². The average Bonchev–Trinajstić information content (AvgIpc) is 2.97. The van der Waals surface area contributed by atoms with Crippen molar-refractivity contribution in [3.63, 3.8) is 0 Å². The van der Waals surface area contributed by atoms with Crippen molar-refractivity contribution in [2.45, 2.75) is 117 Å². The van der Waals surface area contributed by atoms with Crippen molar-refractivity contribution in [3.8, 4) is 0 Å². The maximum absolute atomic E-state index is 12.8. The second-order valence-corrected chi connectivity index (χ2v) is 12.9. The van der Waals surface area contributed by atoms with Crippen LogP contribution in [0.15, 0.2) is 11.6 Å². The fourth-order valence-electron chi connectivity index (χ4n) is 8.94. The molecule has 3 fully saturated rings. The number of aliphatic hydroxyl groups excluding tert-OH is 1. The van der Waals surface area contributed by atoms with Gasteiger partial charge in [0.2, 0.25) is 0 Å². The smallest absolute Gasteiger partial charge is 0.390 e. The fraction of sp³-hybridized carbons (Fsp3) is 0.926. The maximum Gasteiger partial charge on any atom is 0.414 e. The minimum Gasteiger partial charge on any atom is -0.390 e. The van der Waals surface area contributed by atoms with E-state index in [9.17, 15) is 23.4 Å². The highest BCUT2D eigenvalue weighted by atomic mass is 19.4. The van der Waals surface area contributed by atoms with E-state index in [1.54, 1.807) is 0 Å². The molecule has 0 spiro atoms. The Balaban J connectivity index is 1.54. The van der Waals surface area contributed by atoms with Gasteiger partial charge in [-0.25, -0.2) is 0 Å². The summed E-state index contributed by atoms with van der Waals surface area (Å²) in [6.45, 7) is 11.4. The van der Waals surface area contributed by atoms with Crippen LogP contribution in [0, 0.1) is 39.9 Å². The molecule has 32 heavy (non-hydrogen) atoms. The van der Waals surface area contributed by atoms with Gasteiger partial charge in [0.1, 0.15) is 6.10 Å². The van der Waals surface area contributed by atoms with Gasteiger partial charge in [0.25, 0.3) is 0 Å². The van der Waals surface area contributed by atoms with Crippen LogP contribution in [0.2, 0.25) is 0 Å². The third-order valence-corrected chi connectivity index (χ3v) is 11.3. The number of alkyl halides is 3. The quantitative estimate of drug-likeness (QED) is 0.445. The van der Waals surface area contributed by atoms with Gasteiger partial charge in [-0.1, -0.05) is 39.3 Å². The number of allylic oxidation sites excluding steroid dienone is 1. The first-order valence-corrected chi connectivity index (χ1v) is 12.8. The predicted octanol–water partition coefficient (Wildman–Crippen LogP) is 7.05. The summed E-state index contributed by atoms with van der Waals surface area (Å²) in [7, 11) is 0. The summed E-state index contributed by atoms with van der Waals surface area (Å²) < 4.78 is 38.4. The molecule has 0 aromatic carbocycles. The molecule has 2 nitrogen and oxygen atoms in total. The normalized spacial score (nSPS) is 48.3. The number of hydrogen-bond acceptors (Lipinski definition) is 2. The van der Waals surface area contributed by atoms with Gasteiger partial charge in [0.15, 0.2) is 0 Å². The Bertz CT molecular complexity index is 758. The van der Waals surface area contributed by atoms with Crippen LogP contribution in [-0.4, -0.2) is 28.1 Å². The molecule has 0 aliphatic heterocycles. The fourth-order valence-corrected chi connectivity index (χ4v) is 8.94. The Morgan fingerprint density at radius 1 is 0.969 bits per heavy atom. The predicted molar refractivity (Wildman–Crippen MR) is 121 cm³/mol. The van der Waals surface area contributed by atoms with Crippen molar-refractivity contribution in [1.82, 2.24) is 0 Å². The largest absolute Gasteiger partial charge is 0.414 e. The highest BCUT2D eigenvalue weighted by Gasteiger charge is 2.65. The third kappa shape index (κ3) is 3.68. The Hall–Kier alpha value is -0.550. The van der Waals surface area contributed by atoms with E-state index in [0.29, 0.717) is 24.2 Å². The second kappa shape index (κ2) is 7.73. The molecule has 5 heteroatoms. The zero-order chi connectivity index (χ0) is 23.7. The molecular weight excluding hydrogens is 413 g/mol. The first kappa shape index (κ1) is 24.6. The Kier molecular flexibility index (Phi) is 5.94. The van der Waals surface area contributed by atoms with E-state index in [4.69, 9.17) is 0 Å². The Morgan fingerprint density at radius 2 is 1.62 bits per heavy atom. The lowest BCUT2D eigenvalue weighted by Crippen LogP contribution is -2.56. The van der Waals surface area contributed by atoms with Crippen molar-refractivity contribution < 1.29 is 23.4 Å². The third-order valence-electron chi connectivity index (χ3n) is 11.3. The lowest BCUT2D eigenvalue weighted by atomic mass is 9.42. The van der Waals surface area contributed by atoms with Crippen LogP contribution < -0.4 is 0 Å². The van der Waals surface area contributed by atoms with Gasteiger partial charge >= 0.3 is 6.18 Å². The van der Waals surface area contributed by atoms with Crippen molar-refractivity contribution in [2.75, 3.05) is 0 Å².